The number of hydrogen-bond donors (Lipinski definition) is 2. The van der Waals surface area contributed by atoms with E-state index < -0.39 is 11.5 Å². The van der Waals surface area contributed by atoms with Gasteiger partial charge in [0.2, 0.25) is 0 Å². The molecule has 6 heteroatoms. The van der Waals surface area contributed by atoms with Crippen molar-refractivity contribution in [3.05, 3.63) is 44.8 Å². The van der Waals surface area contributed by atoms with Gasteiger partial charge in [0.15, 0.2) is 0 Å². The Morgan fingerprint density at radius 2 is 2.21 bits per heavy atom. The fourth-order valence-electron chi connectivity index (χ4n) is 1.72. The second kappa shape index (κ2) is 5.30. The fraction of sp³-hybridized carbons (Fsp3) is 0.231. The number of nitrogens with zero attached hydrogens (tertiary/aromatic N) is 1. The first-order valence-electron chi connectivity index (χ1n) is 5.61. The van der Waals surface area contributed by atoms with Crippen LogP contribution in [-0.4, -0.2) is 16.1 Å². The minimum atomic E-state index is -0.960. The SMILES string of the molecule is CC(C)(Nc1ccc(Br)cc1C(=O)O)c1nccs1. The number of benzene rings is 1. The number of carboxylic acids is 1. The quantitative estimate of drug-likeness (QED) is 0.884. The molecule has 0 fully saturated rings. The number of hydrogen-bond acceptors (Lipinski definition) is 4. The number of halogens is 1. The van der Waals surface area contributed by atoms with Crippen molar-refractivity contribution in [1.82, 2.24) is 4.98 Å². The van der Waals surface area contributed by atoms with E-state index in [9.17, 15) is 9.90 Å². The summed E-state index contributed by atoms with van der Waals surface area (Å²) >= 11 is 4.82. The van der Waals surface area contributed by atoms with Crippen molar-refractivity contribution in [3.63, 3.8) is 0 Å². The average Bonchev–Trinajstić information content (AvgIpc) is 2.85. The van der Waals surface area contributed by atoms with Gasteiger partial charge < -0.3 is 10.4 Å². The highest BCUT2D eigenvalue weighted by Crippen LogP contribution is 2.30. The Morgan fingerprint density at radius 3 is 2.79 bits per heavy atom. The van der Waals surface area contributed by atoms with Crippen molar-refractivity contribution in [1.29, 1.82) is 0 Å². The number of carboxylic acid groups (broad SMARTS) is 1. The Balaban J connectivity index is 2.36. The summed E-state index contributed by atoms with van der Waals surface area (Å²) in [7, 11) is 0. The second-order valence-corrected chi connectivity index (χ2v) is 6.39. The third kappa shape index (κ3) is 3.13. The molecule has 1 aromatic heterocycles. The Hall–Kier alpha value is -1.40. The highest BCUT2D eigenvalue weighted by Gasteiger charge is 2.25. The van der Waals surface area contributed by atoms with Gasteiger partial charge in [-0.05, 0) is 32.0 Å². The molecule has 0 bridgehead atoms. The zero-order valence-corrected chi connectivity index (χ0v) is 12.9. The monoisotopic (exact) mass is 340 g/mol. The maximum absolute atomic E-state index is 11.3. The molecule has 100 valence electrons. The van der Waals surface area contributed by atoms with Gasteiger partial charge in [0.25, 0.3) is 0 Å². The van der Waals surface area contributed by atoms with E-state index in [2.05, 4.69) is 26.2 Å². The van der Waals surface area contributed by atoms with Crippen LogP contribution in [0.4, 0.5) is 5.69 Å². The highest BCUT2D eigenvalue weighted by atomic mass is 79.9. The van der Waals surface area contributed by atoms with Crippen LogP contribution >= 0.6 is 27.3 Å². The molecule has 0 aliphatic carbocycles. The first-order chi connectivity index (χ1) is 8.90. The highest BCUT2D eigenvalue weighted by molar-refractivity contribution is 9.10. The van der Waals surface area contributed by atoms with E-state index >= 15 is 0 Å². The first kappa shape index (κ1) is 14.0. The third-order valence-corrected chi connectivity index (χ3v) is 4.22. The molecule has 4 nitrogen and oxygen atoms in total. The number of carbonyl (C=O) groups is 1. The molecule has 0 spiro atoms. The molecule has 2 N–H and O–H groups in total. The van der Waals surface area contributed by atoms with E-state index in [0.717, 1.165) is 9.48 Å². The molecular weight excluding hydrogens is 328 g/mol. The van der Waals surface area contributed by atoms with E-state index in [1.165, 1.54) is 11.3 Å². The van der Waals surface area contributed by atoms with Crippen LogP contribution in [0.15, 0.2) is 34.2 Å². The molecule has 0 atom stereocenters. The van der Waals surface area contributed by atoms with Crippen molar-refractivity contribution in [2.75, 3.05) is 5.32 Å². The Bertz CT molecular complexity index is 597. The largest absolute Gasteiger partial charge is 0.478 e. The molecule has 2 aromatic rings. The minimum Gasteiger partial charge on any atom is -0.478 e. The van der Waals surface area contributed by atoms with E-state index in [1.54, 1.807) is 18.3 Å². The lowest BCUT2D eigenvalue weighted by molar-refractivity contribution is 0.0698. The summed E-state index contributed by atoms with van der Waals surface area (Å²) in [5.41, 5.74) is 0.390. The molecule has 1 heterocycles. The van der Waals surface area contributed by atoms with Crippen LogP contribution in [-0.2, 0) is 5.54 Å². The number of thiazole rings is 1. The normalized spacial score (nSPS) is 11.3. The van der Waals surface area contributed by atoms with Gasteiger partial charge in [-0.3, -0.25) is 0 Å². The standard InChI is InChI=1S/C13H13BrN2O2S/c1-13(2,12-15-5-6-19-12)16-10-4-3-8(14)7-9(10)11(17)18/h3-7,16H,1-2H3,(H,17,18). The van der Waals surface area contributed by atoms with Gasteiger partial charge in [0.05, 0.1) is 11.1 Å². The molecule has 0 saturated carbocycles. The summed E-state index contributed by atoms with van der Waals surface area (Å²) in [5, 5.41) is 15.3. The maximum atomic E-state index is 11.3. The predicted molar refractivity (Wildman–Crippen MR) is 79.9 cm³/mol. The first-order valence-corrected chi connectivity index (χ1v) is 7.28. The maximum Gasteiger partial charge on any atom is 0.337 e. The number of aromatic nitrogens is 1. The second-order valence-electron chi connectivity index (χ2n) is 4.58. The van der Waals surface area contributed by atoms with E-state index in [-0.39, 0.29) is 5.56 Å². The number of rotatable bonds is 4. The molecule has 2 rings (SSSR count). The molecule has 0 amide bonds. The predicted octanol–water partition coefficient (Wildman–Crippen LogP) is 3.95. The van der Waals surface area contributed by atoms with E-state index in [0.29, 0.717) is 5.69 Å². The van der Waals surface area contributed by atoms with Crippen LogP contribution in [0.3, 0.4) is 0 Å². The molecule has 1 aromatic carbocycles. The van der Waals surface area contributed by atoms with Crippen LogP contribution in [0.1, 0.15) is 29.2 Å². The van der Waals surface area contributed by atoms with Gasteiger partial charge in [-0.2, -0.15) is 0 Å². The Labute approximate surface area is 123 Å². The molecule has 0 aliphatic heterocycles. The van der Waals surface area contributed by atoms with Crippen molar-refractivity contribution in [2.45, 2.75) is 19.4 Å². The molecule has 19 heavy (non-hydrogen) atoms. The van der Waals surface area contributed by atoms with Crippen molar-refractivity contribution >= 4 is 38.9 Å². The topological polar surface area (TPSA) is 62.2 Å². The van der Waals surface area contributed by atoms with Crippen LogP contribution < -0.4 is 5.32 Å². The average molecular weight is 341 g/mol. The minimum absolute atomic E-state index is 0.235. The third-order valence-electron chi connectivity index (χ3n) is 2.63. The Kier molecular flexibility index (Phi) is 3.91. The smallest absolute Gasteiger partial charge is 0.337 e. The van der Waals surface area contributed by atoms with Gasteiger partial charge in [-0.25, -0.2) is 9.78 Å². The summed E-state index contributed by atoms with van der Waals surface area (Å²) in [6, 6.07) is 5.15. The van der Waals surface area contributed by atoms with E-state index in [4.69, 9.17) is 0 Å². The molecule has 0 saturated heterocycles. The lowest BCUT2D eigenvalue weighted by Crippen LogP contribution is -2.28. The zero-order valence-electron chi connectivity index (χ0n) is 10.5. The lowest BCUT2D eigenvalue weighted by Gasteiger charge is -2.26. The van der Waals surface area contributed by atoms with Crippen molar-refractivity contribution in [3.8, 4) is 0 Å². The van der Waals surface area contributed by atoms with Gasteiger partial charge in [-0.15, -0.1) is 11.3 Å². The van der Waals surface area contributed by atoms with Gasteiger partial charge in [0, 0.05) is 21.7 Å². The van der Waals surface area contributed by atoms with Crippen LogP contribution in [0, 0.1) is 0 Å². The summed E-state index contributed by atoms with van der Waals surface area (Å²) in [6.45, 7) is 3.94. The van der Waals surface area contributed by atoms with Gasteiger partial charge in [-0.1, -0.05) is 15.9 Å². The zero-order chi connectivity index (χ0) is 14.0. The lowest BCUT2D eigenvalue weighted by atomic mass is 10.0. The van der Waals surface area contributed by atoms with Crippen LogP contribution in [0.5, 0.6) is 0 Å². The summed E-state index contributed by atoms with van der Waals surface area (Å²) in [4.78, 5) is 15.5. The van der Waals surface area contributed by atoms with Gasteiger partial charge >= 0.3 is 5.97 Å². The van der Waals surface area contributed by atoms with Gasteiger partial charge in [0.1, 0.15) is 5.01 Å². The van der Waals surface area contributed by atoms with Crippen LogP contribution in [0.2, 0.25) is 0 Å². The van der Waals surface area contributed by atoms with Crippen molar-refractivity contribution < 1.29 is 9.90 Å². The molecular formula is C13H13BrN2O2S. The fourth-order valence-corrected chi connectivity index (χ4v) is 2.80. The van der Waals surface area contributed by atoms with E-state index in [1.807, 2.05) is 25.3 Å². The summed E-state index contributed by atoms with van der Waals surface area (Å²) < 4.78 is 0.738. The van der Waals surface area contributed by atoms with Crippen molar-refractivity contribution in [2.24, 2.45) is 0 Å². The number of anilines is 1. The summed E-state index contributed by atoms with van der Waals surface area (Å²) in [6.07, 6.45) is 1.74. The number of nitrogens with one attached hydrogen (secondary N) is 1. The van der Waals surface area contributed by atoms with Crippen LogP contribution in [0.25, 0.3) is 0 Å². The number of aromatic carboxylic acids is 1. The summed E-state index contributed by atoms with van der Waals surface area (Å²) in [5.74, 6) is -0.960. The molecule has 0 radical (unpaired) electrons. The Morgan fingerprint density at radius 1 is 1.47 bits per heavy atom. The molecule has 0 aliphatic rings. The molecule has 0 unspecified atom stereocenters.